The number of halogens is 1. The highest BCUT2D eigenvalue weighted by Gasteiger charge is 2.54. The van der Waals surface area contributed by atoms with E-state index < -0.39 is 53.5 Å². The molecule has 0 aromatic carbocycles. The molecular formula is C23H30FN5O8S2. The van der Waals surface area contributed by atoms with Crippen molar-refractivity contribution in [3.63, 3.8) is 0 Å². The van der Waals surface area contributed by atoms with Crippen molar-refractivity contribution in [1.29, 1.82) is 0 Å². The van der Waals surface area contributed by atoms with Gasteiger partial charge in [0.05, 0.1) is 16.7 Å². The summed E-state index contributed by atoms with van der Waals surface area (Å²) in [5.74, 6) is -2.45. The number of ether oxygens (including phenoxy) is 3. The number of hydrogen-bond acceptors (Lipinski definition) is 12. The number of fused-ring (bicyclic) bond motifs is 1. The molecule has 1 aromatic rings. The number of amides is 3. The quantitative estimate of drug-likeness (QED) is 0.164. The maximum absolute atomic E-state index is 13.1. The fraction of sp³-hybridized carbons (Fsp3) is 0.478. The van der Waals surface area contributed by atoms with E-state index in [0.717, 1.165) is 4.90 Å². The molecule has 0 bridgehead atoms. The third-order valence-corrected chi connectivity index (χ3v) is 7.37. The summed E-state index contributed by atoms with van der Waals surface area (Å²) < 4.78 is 14.9. The normalized spacial score (nSPS) is 18.8. The lowest BCUT2D eigenvalue weighted by Crippen LogP contribution is -2.70. The standard InChI is InChI=1S/C23H29N5O8S2.FH/c1-5-6-12(13-9-38-21(24)26-13)16(29)27-14-17(30)28-15(11(7-34-22(25)33)8-37-18(14)28)19(31)35-10-36-20(32)23(2,3)4;/h6,9,14,18H,5,7-8,10H2,1-4H3,(H2,24,26)(H2,25,33)(H,27,29);1H/b12-6+;. The van der Waals surface area contributed by atoms with E-state index in [1.807, 2.05) is 6.92 Å². The Balaban J connectivity index is 0.00000533. The Bertz CT molecular complexity index is 1210. The minimum Gasteiger partial charge on any atom is -0.445 e. The topological polar surface area (TPSA) is 193 Å². The van der Waals surface area contributed by atoms with Crippen molar-refractivity contribution in [3.8, 4) is 0 Å². The van der Waals surface area contributed by atoms with Crippen LogP contribution in [-0.2, 0) is 33.4 Å². The Labute approximate surface area is 231 Å². The van der Waals surface area contributed by atoms with Gasteiger partial charge in [-0.2, -0.15) is 0 Å². The van der Waals surface area contributed by atoms with E-state index in [4.69, 9.17) is 25.7 Å². The van der Waals surface area contributed by atoms with Crippen molar-refractivity contribution < 1.29 is 42.9 Å². The zero-order valence-electron chi connectivity index (χ0n) is 21.7. The van der Waals surface area contributed by atoms with Gasteiger partial charge in [0.1, 0.15) is 23.7 Å². The Kier molecular flexibility index (Phi) is 10.5. The van der Waals surface area contributed by atoms with Crippen LogP contribution in [0.4, 0.5) is 14.6 Å². The predicted octanol–water partition coefficient (Wildman–Crippen LogP) is 1.51. The average molecular weight is 588 g/mol. The Morgan fingerprint density at radius 1 is 1.23 bits per heavy atom. The van der Waals surface area contributed by atoms with Gasteiger partial charge in [0.2, 0.25) is 6.79 Å². The van der Waals surface area contributed by atoms with Gasteiger partial charge in [-0.15, -0.1) is 23.1 Å². The molecule has 16 heteroatoms. The molecule has 1 fully saturated rings. The number of nitrogens with one attached hydrogen (secondary N) is 1. The first-order valence-corrected chi connectivity index (χ1v) is 13.4. The van der Waals surface area contributed by atoms with E-state index >= 15 is 0 Å². The zero-order valence-corrected chi connectivity index (χ0v) is 23.3. The minimum absolute atomic E-state index is 0. The van der Waals surface area contributed by atoms with Crippen LogP contribution in [-0.4, -0.2) is 70.3 Å². The van der Waals surface area contributed by atoms with Crippen molar-refractivity contribution in [2.75, 3.05) is 24.9 Å². The van der Waals surface area contributed by atoms with E-state index in [9.17, 15) is 24.0 Å². The van der Waals surface area contributed by atoms with Gasteiger partial charge < -0.3 is 31.0 Å². The highest BCUT2D eigenvalue weighted by molar-refractivity contribution is 8.00. The number of nitrogens with zero attached hydrogens (tertiary/aromatic N) is 2. The van der Waals surface area contributed by atoms with Crippen molar-refractivity contribution in [3.05, 3.63) is 28.4 Å². The fourth-order valence-electron chi connectivity index (χ4n) is 3.51. The summed E-state index contributed by atoms with van der Waals surface area (Å²) >= 11 is 2.45. The molecule has 0 saturated carbocycles. The second-order valence-corrected chi connectivity index (χ2v) is 11.2. The molecule has 2 atom stereocenters. The first-order valence-electron chi connectivity index (χ1n) is 11.5. The van der Waals surface area contributed by atoms with Gasteiger partial charge in [0.25, 0.3) is 11.8 Å². The Morgan fingerprint density at radius 3 is 2.49 bits per heavy atom. The lowest BCUT2D eigenvalue weighted by Gasteiger charge is -2.49. The van der Waals surface area contributed by atoms with Crippen LogP contribution in [0.2, 0.25) is 0 Å². The van der Waals surface area contributed by atoms with Crippen LogP contribution in [0.1, 0.15) is 39.8 Å². The molecule has 2 aliphatic rings. The molecule has 0 spiro atoms. The number of rotatable bonds is 9. The van der Waals surface area contributed by atoms with E-state index in [1.165, 1.54) is 23.1 Å². The van der Waals surface area contributed by atoms with Gasteiger partial charge in [0, 0.05) is 16.7 Å². The number of carbonyl (C=O) groups is 5. The molecule has 0 aliphatic carbocycles. The van der Waals surface area contributed by atoms with E-state index in [2.05, 4.69) is 10.3 Å². The highest BCUT2D eigenvalue weighted by atomic mass is 32.2. The summed E-state index contributed by atoms with van der Waals surface area (Å²) in [6.45, 7) is 5.74. The monoisotopic (exact) mass is 587 g/mol. The molecule has 2 aliphatic heterocycles. The maximum atomic E-state index is 13.1. The van der Waals surface area contributed by atoms with Crippen LogP contribution in [0.3, 0.4) is 0 Å². The molecule has 2 unspecified atom stereocenters. The second-order valence-electron chi connectivity index (χ2n) is 9.25. The molecule has 1 aromatic heterocycles. The molecule has 39 heavy (non-hydrogen) atoms. The van der Waals surface area contributed by atoms with Crippen molar-refractivity contribution in [2.24, 2.45) is 11.1 Å². The van der Waals surface area contributed by atoms with Gasteiger partial charge in [0.15, 0.2) is 5.13 Å². The van der Waals surface area contributed by atoms with Crippen LogP contribution in [0.25, 0.3) is 5.57 Å². The average Bonchev–Trinajstić information content (AvgIpc) is 3.28. The second kappa shape index (κ2) is 12.9. The summed E-state index contributed by atoms with van der Waals surface area (Å²) in [5.41, 5.74) is 10.7. The van der Waals surface area contributed by atoms with Gasteiger partial charge in [-0.3, -0.25) is 24.0 Å². The summed E-state index contributed by atoms with van der Waals surface area (Å²) in [7, 11) is 0. The molecular weight excluding hydrogens is 557 g/mol. The fourth-order valence-corrected chi connectivity index (χ4v) is 5.40. The van der Waals surface area contributed by atoms with E-state index in [0.29, 0.717) is 17.2 Å². The predicted molar refractivity (Wildman–Crippen MR) is 141 cm³/mol. The summed E-state index contributed by atoms with van der Waals surface area (Å²) in [6, 6.07) is -0.941. The number of nitrogens with two attached hydrogens (primary N) is 2. The number of primary amides is 1. The van der Waals surface area contributed by atoms with Crippen molar-refractivity contribution in [2.45, 2.75) is 45.5 Å². The molecule has 0 radical (unpaired) electrons. The van der Waals surface area contributed by atoms with Gasteiger partial charge in [-0.1, -0.05) is 13.0 Å². The molecule has 3 heterocycles. The molecule has 214 valence electrons. The zero-order chi connectivity index (χ0) is 28.2. The van der Waals surface area contributed by atoms with Gasteiger partial charge >= 0.3 is 18.0 Å². The number of β-lactam (4-membered cyclic amide) rings is 1. The first-order chi connectivity index (χ1) is 17.8. The van der Waals surface area contributed by atoms with Crippen LogP contribution in [0.5, 0.6) is 0 Å². The number of nitrogen functional groups attached to an aromatic ring is 1. The molecule has 3 rings (SSSR count). The van der Waals surface area contributed by atoms with Crippen LogP contribution in [0, 0.1) is 5.41 Å². The largest absolute Gasteiger partial charge is 0.445 e. The third-order valence-electron chi connectivity index (χ3n) is 5.36. The first kappa shape index (κ1) is 31.6. The smallest absolute Gasteiger partial charge is 0.404 e. The number of thiazole rings is 1. The van der Waals surface area contributed by atoms with E-state index in [-0.39, 0.29) is 33.9 Å². The van der Waals surface area contributed by atoms with Crippen molar-refractivity contribution in [1.82, 2.24) is 15.2 Å². The Morgan fingerprint density at radius 2 is 1.92 bits per heavy atom. The Hall–Kier alpha value is -3.66. The number of carbonyl (C=O) groups excluding carboxylic acids is 5. The number of anilines is 1. The van der Waals surface area contributed by atoms with E-state index in [1.54, 1.807) is 32.2 Å². The van der Waals surface area contributed by atoms with Gasteiger partial charge in [-0.05, 0) is 27.2 Å². The van der Waals surface area contributed by atoms with Crippen LogP contribution >= 0.6 is 23.1 Å². The number of esters is 2. The van der Waals surface area contributed by atoms with Gasteiger partial charge in [-0.25, -0.2) is 14.6 Å². The maximum Gasteiger partial charge on any atom is 0.404 e. The lowest BCUT2D eigenvalue weighted by molar-refractivity contribution is -0.173. The minimum atomic E-state index is -1.06. The molecule has 1 saturated heterocycles. The summed E-state index contributed by atoms with van der Waals surface area (Å²) in [4.78, 5) is 67.6. The summed E-state index contributed by atoms with van der Waals surface area (Å²) in [6.07, 6.45) is 1.17. The third kappa shape index (κ3) is 7.26. The number of thioether (sulfide) groups is 1. The number of hydrogen-bond donors (Lipinski definition) is 3. The lowest BCUT2D eigenvalue weighted by atomic mass is 9.98. The molecule has 13 nitrogen and oxygen atoms in total. The van der Waals surface area contributed by atoms with Crippen LogP contribution < -0.4 is 16.8 Å². The van der Waals surface area contributed by atoms with Crippen LogP contribution in [0.15, 0.2) is 22.7 Å². The number of aromatic nitrogens is 1. The molecule has 5 N–H and O–H groups in total. The highest BCUT2D eigenvalue weighted by Crippen LogP contribution is 2.41. The number of allylic oxidation sites excluding steroid dienone is 1. The molecule has 3 amide bonds. The summed E-state index contributed by atoms with van der Waals surface area (Å²) in [5, 5.41) is 4.03. The van der Waals surface area contributed by atoms with Crippen molar-refractivity contribution >= 4 is 63.6 Å². The SMILES string of the molecule is CC/C=C(/C(=O)NC1C(=O)N2C(C(=O)OCOC(=O)C(C)(C)C)=C(COC(N)=O)CSC12)c1csc(N)n1.F.